The number of nitrogens with one attached hydrogen (secondary N) is 1. The number of nitrogens with zero attached hydrogens (tertiary/aromatic N) is 2. The van der Waals surface area contributed by atoms with Crippen molar-refractivity contribution in [3.63, 3.8) is 0 Å². The van der Waals surface area contributed by atoms with E-state index >= 15 is 0 Å². The molecule has 0 aliphatic heterocycles. The normalized spacial score (nSPS) is 10.2. The van der Waals surface area contributed by atoms with E-state index in [2.05, 4.69) is 16.4 Å². The van der Waals surface area contributed by atoms with Crippen molar-refractivity contribution >= 4 is 17.3 Å². The minimum absolute atomic E-state index is 0.465. The van der Waals surface area contributed by atoms with Crippen molar-refractivity contribution in [3.05, 3.63) is 71.2 Å². The first-order valence-electron chi connectivity index (χ1n) is 6.69. The van der Waals surface area contributed by atoms with E-state index in [1.165, 1.54) is 0 Å². The summed E-state index contributed by atoms with van der Waals surface area (Å²) in [5, 5.41) is 12.6. The van der Waals surface area contributed by atoms with Gasteiger partial charge in [0.25, 0.3) is 0 Å². The van der Waals surface area contributed by atoms with Crippen LogP contribution in [-0.2, 0) is 6.54 Å². The van der Waals surface area contributed by atoms with Gasteiger partial charge in [0.1, 0.15) is 0 Å². The molecule has 0 fully saturated rings. The Morgan fingerprint density at radius 1 is 1.18 bits per heavy atom. The molecule has 1 N–H and O–H groups in total. The fourth-order valence-electron chi connectivity index (χ4n) is 2.01. The zero-order valence-electron chi connectivity index (χ0n) is 11.6. The van der Waals surface area contributed by atoms with Gasteiger partial charge in [0.05, 0.1) is 24.4 Å². The molecule has 0 radical (unpaired) electrons. The molecule has 2 aromatic carbocycles. The lowest BCUT2D eigenvalue weighted by Crippen LogP contribution is -1.99. The number of benzene rings is 2. The highest BCUT2D eigenvalue weighted by Gasteiger charge is 2.06. The molecule has 0 unspecified atom stereocenters. The Bertz CT molecular complexity index is 818. The van der Waals surface area contributed by atoms with Crippen LogP contribution in [0, 0.1) is 11.3 Å². The molecule has 0 saturated carbocycles. The molecule has 5 heteroatoms. The minimum Gasteiger partial charge on any atom is -0.439 e. The summed E-state index contributed by atoms with van der Waals surface area (Å²) in [5.41, 5.74) is 2.43. The molecular weight excluding hydrogens is 298 g/mol. The second-order valence-corrected chi connectivity index (χ2v) is 5.11. The highest BCUT2D eigenvalue weighted by Crippen LogP contribution is 2.23. The van der Waals surface area contributed by atoms with E-state index in [4.69, 9.17) is 21.3 Å². The lowest BCUT2D eigenvalue weighted by molar-refractivity contribution is 0.516. The predicted molar refractivity (Wildman–Crippen MR) is 85.4 cm³/mol. The molecule has 0 aliphatic rings. The fraction of sp³-hybridized carbons (Fsp3) is 0.0588. The number of nitriles is 1. The second kappa shape index (κ2) is 6.33. The predicted octanol–water partition coefficient (Wildman–Crippen LogP) is 4.48. The van der Waals surface area contributed by atoms with Gasteiger partial charge in [-0.2, -0.15) is 5.26 Å². The Hall–Kier alpha value is -2.77. The lowest BCUT2D eigenvalue weighted by atomic mass is 10.2. The Labute approximate surface area is 133 Å². The Morgan fingerprint density at radius 3 is 2.73 bits per heavy atom. The van der Waals surface area contributed by atoms with Gasteiger partial charge >= 0.3 is 0 Å². The van der Waals surface area contributed by atoms with Crippen LogP contribution in [0.2, 0.25) is 5.02 Å². The van der Waals surface area contributed by atoms with Gasteiger partial charge in [0.15, 0.2) is 5.76 Å². The summed E-state index contributed by atoms with van der Waals surface area (Å²) < 4.78 is 5.71. The largest absolute Gasteiger partial charge is 0.439 e. The molecule has 3 aromatic rings. The third-order valence-corrected chi connectivity index (χ3v) is 3.36. The number of oxazole rings is 1. The van der Waals surface area contributed by atoms with Crippen LogP contribution >= 0.6 is 11.6 Å². The van der Waals surface area contributed by atoms with Gasteiger partial charge in [-0.05, 0) is 36.4 Å². The number of rotatable bonds is 4. The smallest absolute Gasteiger partial charge is 0.214 e. The summed E-state index contributed by atoms with van der Waals surface area (Å²) in [5.74, 6) is 1.26. The summed E-state index contributed by atoms with van der Waals surface area (Å²) in [6.07, 6.45) is 1.68. The van der Waals surface area contributed by atoms with Crippen LogP contribution in [0.1, 0.15) is 11.5 Å². The van der Waals surface area contributed by atoms with Crippen LogP contribution in [0.5, 0.6) is 0 Å². The van der Waals surface area contributed by atoms with Crippen molar-refractivity contribution in [2.24, 2.45) is 0 Å². The minimum atomic E-state index is 0.465. The Kier molecular flexibility index (Phi) is 4.08. The average Bonchev–Trinajstić information content (AvgIpc) is 3.02. The van der Waals surface area contributed by atoms with Gasteiger partial charge in [-0.15, -0.1) is 0 Å². The van der Waals surface area contributed by atoms with Gasteiger partial charge < -0.3 is 9.73 Å². The number of hydrogen-bond acceptors (Lipinski definition) is 4. The maximum absolute atomic E-state index is 8.76. The van der Waals surface area contributed by atoms with Crippen molar-refractivity contribution in [3.8, 4) is 17.4 Å². The average molecular weight is 310 g/mol. The zero-order chi connectivity index (χ0) is 15.4. The zero-order valence-corrected chi connectivity index (χ0v) is 12.3. The Morgan fingerprint density at radius 2 is 2.00 bits per heavy atom. The highest BCUT2D eigenvalue weighted by atomic mass is 35.5. The van der Waals surface area contributed by atoms with Crippen molar-refractivity contribution in [2.45, 2.75) is 6.54 Å². The van der Waals surface area contributed by atoms with Gasteiger partial charge in [-0.3, -0.25) is 0 Å². The van der Waals surface area contributed by atoms with Crippen molar-refractivity contribution in [2.75, 3.05) is 5.32 Å². The van der Waals surface area contributed by atoms with Crippen molar-refractivity contribution in [1.29, 1.82) is 5.26 Å². The molecule has 108 valence electrons. The maximum Gasteiger partial charge on any atom is 0.214 e. The molecule has 0 saturated heterocycles. The highest BCUT2D eigenvalue weighted by molar-refractivity contribution is 6.30. The van der Waals surface area contributed by atoms with Crippen LogP contribution < -0.4 is 5.32 Å². The van der Waals surface area contributed by atoms with E-state index in [1.54, 1.807) is 18.3 Å². The molecular formula is C17H12ClN3O. The molecule has 1 heterocycles. The van der Waals surface area contributed by atoms with Gasteiger partial charge in [0, 0.05) is 16.3 Å². The van der Waals surface area contributed by atoms with Gasteiger partial charge in [-0.25, -0.2) is 4.98 Å². The van der Waals surface area contributed by atoms with Crippen LogP contribution in [0.25, 0.3) is 11.3 Å². The Balaban J connectivity index is 1.68. The van der Waals surface area contributed by atoms with E-state index < -0.39 is 0 Å². The summed E-state index contributed by atoms with van der Waals surface area (Å²) in [4.78, 5) is 4.25. The lowest BCUT2D eigenvalue weighted by Gasteiger charge is -2.03. The molecule has 4 nitrogen and oxygen atoms in total. The molecule has 1 aromatic heterocycles. The van der Waals surface area contributed by atoms with Crippen LogP contribution in [0.3, 0.4) is 0 Å². The summed E-state index contributed by atoms with van der Waals surface area (Å²) in [6, 6.07) is 16.7. The monoisotopic (exact) mass is 309 g/mol. The first-order valence-corrected chi connectivity index (χ1v) is 7.07. The van der Waals surface area contributed by atoms with Gasteiger partial charge in [-0.1, -0.05) is 23.7 Å². The van der Waals surface area contributed by atoms with E-state index in [1.807, 2.05) is 36.4 Å². The van der Waals surface area contributed by atoms with Crippen molar-refractivity contribution in [1.82, 2.24) is 4.98 Å². The molecule has 0 atom stereocenters. The van der Waals surface area contributed by atoms with E-state index in [0.29, 0.717) is 28.8 Å². The van der Waals surface area contributed by atoms with Crippen LogP contribution in [0.4, 0.5) is 5.69 Å². The number of halogens is 1. The van der Waals surface area contributed by atoms with Crippen molar-refractivity contribution < 1.29 is 4.42 Å². The molecule has 3 rings (SSSR count). The second-order valence-electron chi connectivity index (χ2n) is 4.67. The fourth-order valence-corrected chi connectivity index (χ4v) is 2.20. The summed E-state index contributed by atoms with van der Waals surface area (Å²) in [6.45, 7) is 0.465. The summed E-state index contributed by atoms with van der Waals surface area (Å²) in [7, 11) is 0. The molecule has 0 aliphatic carbocycles. The molecule has 22 heavy (non-hydrogen) atoms. The topological polar surface area (TPSA) is 61.9 Å². The molecule has 0 bridgehead atoms. The third kappa shape index (κ3) is 3.27. The van der Waals surface area contributed by atoms with Crippen LogP contribution in [-0.4, -0.2) is 4.98 Å². The number of hydrogen-bond donors (Lipinski definition) is 1. The SMILES string of the molecule is N#Cc1ccc(NCc2ncc(-c3cccc(Cl)c3)o2)cc1. The van der Waals surface area contributed by atoms with Crippen LogP contribution in [0.15, 0.2) is 59.1 Å². The quantitative estimate of drug-likeness (QED) is 0.772. The summed E-state index contributed by atoms with van der Waals surface area (Å²) >= 11 is 5.97. The standard InChI is InChI=1S/C17H12ClN3O/c18-14-3-1-2-13(8-14)16-10-21-17(22-16)11-20-15-6-4-12(9-19)5-7-15/h1-8,10,20H,11H2. The van der Waals surface area contributed by atoms with E-state index in [-0.39, 0.29) is 0 Å². The van der Waals surface area contributed by atoms with E-state index in [0.717, 1.165) is 11.3 Å². The first-order chi connectivity index (χ1) is 10.7. The van der Waals surface area contributed by atoms with E-state index in [9.17, 15) is 0 Å². The third-order valence-electron chi connectivity index (χ3n) is 3.12. The number of anilines is 1. The maximum atomic E-state index is 8.76. The molecule has 0 spiro atoms. The number of aromatic nitrogens is 1. The molecule has 0 amide bonds. The van der Waals surface area contributed by atoms with Gasteiger partial charge in [0.2, 0.25) is 5.89 Å². The first kappa shape index (κ1) is 14.2.